The second kappa shape index (κ2) is 10.3. The molecule has 9 nitrogen and oxygen atoms in total. The minimum absolute atomic E-state index is 0.0886. The molecule has 4 aromatic rings. The quantitative estimate of drug-likeness (QED) is 0.322. The molecule has 3 aliphatic rings. The van der Waals surface area contributed by atoms with E-state index in [-0.39, 0.29) is 11.4 Å². The Morgan fingerprint density at radius 2 is 1.63 bits per heavy atom. The SMILES string of the molecule is O=C(c1ccc(Nc2nc3c(N4CCC(O)(c5ccc(Cl)cc5)CC4)cccn3n2)cc1)N1CCC2(CCN2)CC1. The van der Waals surface area contributed by atoms with E-state index < -0.39 is 5.60 Å². The van der Waals surface area contributed by atoms with Crippen LogP contribution < -0.4 is 15.5 Å². The van der Waals surface area contributed by atoms with Gasteiger partial charge in [-0.15, -0.1) is 5.10 Å². The number of carbonyl (C=O) groups excluding carboxylic acids is 1. The van der Waals surface area contributed by atoms with Crippen LogP contribution >= 0.6 is 11.6 Å². The first-order chi connectivity index (χ1) is 19.9. The highest BCUT2D eigenvalue weighted by Gasteiger charge is 2.40. The number of aliphatic hydroxyl groups is 1. The van der Waals surface area contributed by atoms with Gasteiger partial charge in [0.1, 0.15) is 0 Å². The van der Waals surface area contributed by atoms with Crippen molar-refractivity contribution in [3.05, 3.63) is 83.0 Å². The van der Waals surface area contributed by atoms with E-state index in [2.05, 4.69) is 20.6 Å². The topological polar surface area (TPSA) is 98.0 Å². The number of aromatic nitrogens is 3. The van der Waals surface area contributed by atoms with Crippen LogP contribution in [0.15, 0.2) is 66.9 Å². The van der Waals surface area contributed by atoms with Crippen LogP contribution in [-0.2, 0) is 5.60 Å². The first-order valence-corrected chi connectivity index (χ1v) is 14.8. The lowest BCUT2D eigenvalue weighted by molar-refractivity contribution is 0.0118. The predicted octanol–water partition coefficient (Wildman–Crippen LogP) is 4.58. The Bertz CT molecular complexity index is 1550. The monoisotopic (exact) mass is 571 g/mol. The molecule has 0 aliphatic carbocycles. The number of fused-ring (bicyclic) bond motifs is 1. The van der Waals surface area contributed by atoms with Crippen molar-refractivity contribution < 1.29 is 9.90 Å². The third-order valence-corrected chi connectivity index (χ3v) is 9.41. The van der Waals surface area contributed by atoms with Crippen molar-refractivity contribution in [2.45, 2.75) is 43.2 Å². The number of amides is 1. The van der Waals surface area contributed by atoms with Crippen molar-refractivity contribution in [3.8, 4) is 0 Å². The number of anilines is 3. The molecule has 2 aromatic heterocycles. The molecule has 0 bridgehead atoms. The van der Waals surface area contributed by atoms with E-state index in [1.54, 1.807) is 4.52 Å². The van der Waals surface area contributed by atoms with Crippen LogP contribution in [0.4, 0.5) is 17.3 Å². The molecule has 212 valence electrons. The number of rotatable bonds is 5. The van der Waals surface area contributed by atoms with E-state index in [0.717, 1.165) is 55.1 Å². The molecule has 5 heterocycles. The minimum atomic E-state index is -0.871. The van der Waals surface area contributed by atoms with E-state index in [0.29, 0.717) is 42.5 Å². The number of carbonyl (C=O) groups is 1. The van der Waals surface area contributed by atoms with Gasteiger partial charge >= 0.3 is 0 Å². The molecular weight excluding hydrogens is 538 g/mol. The number of nitrogens with one attached hydrogen (secondary N) is 2. The van der Waals surface area contributed by atoms with Crippen LogP contribution in [0.5, 0.6) is 0 Å². The van der Waals surface area contributed by atoms with Gasteiger partial charge in [0.25, 0.3) is 5.91 Å². The van der Waals surface area contributed by atoms with Gasteiger partial charge in [0.2, 0.25) is 5.95 Å². The first-order valence-electron chi connectivity index (χ1n) is 14.4. The maximum Gasteiger partial charge on any atom is 0.253 e. The minimum Gasteiger partial charge on any atom is -0.385 e. The summed E-state index contributed by atoms with van der Waals surface area (Å²) in [7, 11) is 0. The third kappa shape index (κ3) is 5.03. The van der Waals surface area contributed by atoms with Gasteiger partial charge in [-0.1, -0.05) is 23.7 Å². The van der Waals surface area contributed by atoms with Gasteiger partial charge in [0.05, 0.1) is 11.3 Å². The van der Waals surface area contributed by atoms with E-state index in [1.807, 2.05) is 71.8 Å². The number of likely N-dealkylation sites (tertiary alicyclic amines) is 1. The molecule has 3 fully saturated rings. The molecule has 41 heavy (non-hydrogen) atoms. The highest BCUT2D eigenvalue weighted by Crippen LogP contribution is 2.36. The lowest BCUT2D eigenvalue weighted by Gasteiger charge is -2.48. The van der Waals surface area contributed by atoms with Gasteiger partial charge < -0.3 is 25.5 Å². The molecule has 1 amide bonds. The van der Waals surface area contributed by atoms with Crippen molar-refractivity contribution in [3.63, 3.8) is 0 Å². The zero-order valence-electron chi connectivity index (χ0n) is 22.9. The smallest absolute Gasteiger partial charge is 0.253 e. The van der Waals surface area contributed by atoms with Gasteiger partial charge in [-0.05, 0) is 92.7 Å². The van der Waals surface area contributed by atoms with Gasteiger partial charge in [-0.2, -0.15) is 4.98 Å². The maximum atomic E-state index is 13.1. The van der Waals surface area contributed by atoms with Crippen LogP contribution in [-0.4, -0.2) is 68.8 Å². The average molecular weight is 572 g/mol. The zero-order valence-corrected chi connectivity index (χ0v) is 23.6. The number of hydrogen-bond acceptors (Lipinski definition) is 7. The van der Waals surface area contributed by atoms with Crippen molar-refractivity contribution in [1.82, 2.24) is 24.8 Å². The Balaban J connectivity index is 1.01. The highest BCUT2D eigenvalue weighted by atomic mass is 35.5. The Hall–Kier alpha value is -3.66. The number of pyridine rings is 1. The molecular formula is C31H34ClN7O2. The summed E-state index contributed by atoms with van der Waals surface area (Å²) in [5, 5.41) is 23.4. The Kier molecular flexibility index (Phi) is 6.60. The van der Waals surface area contributed by atoms with Crippen LogP contribution in [0, 0.1) is 0 Å². The molecule has 3 saturated heterocycles. The number of benzene rings is 2. The average Bonchev–Trinajstić information content (AvgIpc) is 3.40. The lowest BCUT2D eigenvalue weighted by Crippen LogP contribution is -2.62. The van der Waals surface area contributed by atoms with Crippen LogP contribution in [0.3, 0.4) is 0 Å². The maximum absolute atomic E-state index is 13.1. The van der Waals surface area contributed by atoms with E-state index in [1.165, 1.54) is 6.42 Å². The van der Waals surface area contributed by atoms with Crippen molar-refractivity contribution in [2.24, 2.45) is 0 Å². The highest BCUT2D eigenvalue weighted by molar-refractivity contribution is 6.30. The standard InChI is InChI=1S/C31H34ClN7O2/c32-24-7-5-23(6-8-24)31(41)14-20-37(21-15-31)26-2-1-17-39-27(26)35-29(36-39)34-25-9-3-22(4-10-25)28(40)38-18-12-30(13-19-38)11-16-33-30/h1-10,17,33,41H,11-16,18-21H2,(H,34,36). The Morgan fingerprint density at radius 1 is 0.927 bits per heavy atom. The van der Waals surface area contributed by atoms with Crippen molar-refractivity contribution in [2.75, 3.05) is 42.9 Å². The summed E-state index contributed by atoms with van der Waals surface area (Å²) in [5.41, 5.74) is 3.56. The number of piperidine rings is 2. The van der Waals surface area contributed by atoms with Crippen molar-refractivity contribution >= 4 is 40.5 Å². The van der Waals surface area contributed by atoms with E-state index in [4.69, 9.17) is 16.6 Å². The normalized spacial score (nSPS) is 19.8. The van der Waals surface area contributed by atoms with Gasteiger partial charge in [-0.3, -0.25) is 4.79 Å². The molecule has 1 spiro atoms. The molecule has 0 atom stereocenters. The lowest BCUT2D eigenvalue weighted by atomic mass is 9.79. The summed E-state index contributed by atoms with van der Waals surface area (Å²) in [4.78, 5) is 22.1. The van der Waals surface area contributed by atoms with Crippen LogP contribution in [0.1, 0.15) is 48.0 Å². The molecule has 7 rings (SSSR count). The summed E-state index contributed by atoms with van der Waals surface area (Å²) in [6, 6.07) is 19.0. The third-order valence-electron chi connectivity index (χ3n) is 9.15. The van der Waals surface area contributed by atoms with Crippen LogP contribution in [0.25, 0.3) is 5.65 Å². The fourth-order valence-electron chi connectivity index (χ4n) is 6.41. The fourth-order valence-corrected chi connectivity index (χ4v) is 6.54. The molecule has 10 heteroatoms. The van der Waals surface area contributed by atoms with E-state index in [9.17, 15) is 9.90 Å². The number of halogens is 1. The van der Waals surface area contributed by atoms with E-state index >= 15 is 0 Å². The van der Waals surface area contributed by atoms with Gasteiger partial charge in [0.15, 0.2) is 5.65 Å². The summed E-state index contributed by atoms with van der Waals surface area (Å²) in [5.74, 6) is 0.575. The summed E-state index contributed by atoms with van der Waals surface area (Å²) < 4.78 is 1.77. The molecule has 3 aliphatic heterocycles. The molecule has 0 unspecified atom stereocenters. The summed E-state index contributed by atoms with van der Waals surface area (Å²) in [6.07, 6.45) is 6.37. The van der Waals surface area contributed by atoms with Crippen LogP contribution in [0.2, 0.25) is 5.02 Å². The van der Waals surface area contributed by atoms with Gasteiger partial charge in [0, 0.05) is 54.2 Å². The largest absolute Gasteiger partial charge is 0.385 e. The summed E-state index contributed by atoms with van der Waals surface area (Å²) in [6.45, 7) is 4.09. The second-order valence-corrected chi connectivity index (χ2v) is 12.0. The summed E-state index contributed by atoms with van der Waals surface area (Å²) >= 11 is 6.04. The molecule has 0 radical (unpaired) electrons. The first kappa shape index (κ1) is 26.3. The molecule has 2 aromatic carbocycles. The van der Waals surface area contributed by atoms with Crippen molar-refractivity contribution in [1.29, 1.82) is 0 Å². The molecule has 3 N–H and O–H groups in total. The number of nitrogens with zero attached hydrogens (tertiary/aromatic N) is 5. The Morgan fingerprint density at radius 3 is 2.29 bits per heavy atom. The zero-order chi connectivity index (χ0) is 28.0. The fraction of sp³-hybridized carbons (Fsp3) is 0.387. The van der Waals surface area contributed by atoms with Gasteiger partial charge in [-0.25, -0.2) is 4.52 Å². The Labute approximate surface area is 244 Å². The second-order valence-electron chi connectivity index (χ2n) is 11.6. The number of hydrogen-bond donors (Lipinski definition) is 3. The molecule has 0 saturated carbocycles. The predicted molar refractivity (Wildman–Crippen MR) is 160 cm³/mol.